The van der Waals surface area contributed by atoms with Crippen molar-refractivity contribution in [2.24, 2.45) is 0 Å². The van der Waals surface area contributed by atoms with Gasteiger partial charge >= 0.3 is 5.97 Å². The van der Waals surface area contributed by atoms with Crippen molar-refractivity contribution in [2.45, 2.75) is 32.0 Å². The molecule has 158 valence electrons. The van der Waals surface area contributed by atoms with Crippen molar-refractivity contribution in [3.05, 3.63) is 65.1 Å². The largest absolute Gasteiger partial charge is 0.497 e. The summed E-state index contributed by atoms with van der Waals surface area (Å²) in [6.07, 6.45) is 2.21. The van der Waals surface area contributed by atoms with Crippen molar-refractivity contribution in [2.75, 3.05) is 20.3 Å². The average molecular weight is 412 g/mol. The Labute approximate surface area is 174 Å². The zero-order valence-corrected chi connectivity index (χ0v) is 16.9. The van der Waals surface area contributed by atoms with Gasteiger partial charge in [-0.05, 0) is 31.0 Å². The Balaban J connectivity index is 1.76. The van der Waals surface area contributed by atoms with Crippen LogP contribution in [0.4, 0.5) is 4.39 Å². The number of nitrogens with one attached hydrogen (secondary N) is 1. The Morgan fingerprint density at radius 3 is 2.87 bits per heavy atom. The lowest BCUT2D eigenvalue weighted by molar-refractivity contribution is 0.0684. The molecule has 1 aliphatic rings. The predicted molar refractivity (Wildman–Crippen MR) is 112 cm³/mol. The molecule has 1 aromatic heterocycles. The first kappa shape index (κ1) is 20.4. The summed E-state index contributed by atoms with van der Waals surface area (Å²) in [5.41, 5.74) is 1.96. The number of methoxy groups -OCH3 is 1. The molecular formula is C23H25FN2O4. The van der Waals surface area contributed by atoms with E-state index in [0.29, 0.717) is 35.5 Å². The van der Waals surface area contributed by atoms with Crippen LogP contribution in [-0.4, -0.2) is 42.0 Å². The molecule has 0 amide bonds. The van der Waals surface area contributed by atoms with Crippen LogP contribution in [0.1, 0.15) is 34.5 Å². The summed E-state index contributed by atoms with van der Waals surface area (Å²) in [7, 11) is 1.56. The molecule has 1 aliphatic heterocycles. The average Bonchev–Trinajstić information content (AvgIpc) is 3.36. The first-order chi connectivity index (χ1) is 14.6. The van der Waals surface area contributed by atoms with Gasteiger partial charge in [-0.15, -0.1) is 0 Å². The summed E-state index contributed by atoms with van der Waals surface area (Å²) in [6.45, 7) is 1.93. The number of aromatic carboxylic acids is 1. The third-order valence-corrected chi connectivity index (χ3v) is 5.56. The predicted octanol–water partition coefficient (Wildman–Crippen LogP) is 3.80. The van der Waals surface area contributed by atoms with Gasteiger partial charge in [-0.25, -0.2) is 9.18 Å². The molecule has 4 rings (SSSR count). The molecule has 6 nitrogen and oxygen atoms in total. The Morgan fingerprint density at radius 2 is 2.17 bits per heavy atom. The number of rotatable bonds is 8. The maximum Gasteiger partial charge on any atom is 0.352 e. The number of carboxylic acid groups (broad SMARTS) is 1. The van der Waals surface area contributed by atoms with Gasteiger partial charge in [0.2, 0.25) is 0 Å². The van der Waals surface area contributed by atoms with E-state index in [4.69, 9.17) is 9.47 Å². The van der Waals surface area contributed by atoms with Crippen LogP contribution < -0.4 is 10.1 Å². The highest BCUT2D eigenvalue weighted by Gasteiger charge is 2.24. The second kappa shape index (κ2) is 8.85. The number of benzene rings is 2. The standard InChI is InChI=1S/C23H25FN2O4/c1-29-16-8-9-18-19(13-25-12-17-6-4-10-30-17)22(23(27)28)26(21(18)11-16)14-15-5-2-3-7-20(15)24/h2-3,5,7-9,11,17,25H,4,6,10,12-14H2,1H3,(H,27,28)/t17-/m1/s1. The first-order valence-corrected chi connectivity index (χ1v) is 10.1. The molecule has 0 aliphatic carbocycles. The third-order valence-electron chi connectivity index (χ3n) is 5.56. The first-order valence-electron chi connectivity index (χ1n) is 10.1. The highest BCUT2D eigenvalue weighted by atomic mass is 19.1. The molecule has 2 N–H and O–H groups in total. The summed E-state index contributed by atoms with van der Waals surface area (Å²) in [5.74, 6) is -0.794. The molecule has 1 saturated heterocycles. The topological polar surface area (TPSA) is 72.7 Å². The van der Waals surface area contributed by atoms with Gasteiger partial charge < -0.3 is 24.5 Å². The minimum absolute atomic E-state index is 0.115. The van der Waals surface area contributed by atoms with Gasteiger partial charge in [0.1, 0.15) is 17.3 Å². The number of carbonyl (C=O) groups is 1. The van der Waals surface area contributed by atoms with Gasteiger partial charge in [0.25, 0.3) is 0 Å². The molecule has 0 saturated carbocycles. The quantitative estimate of drug-likeness (QED) is 0.589. The van der Waals surface area contributed by atoms with E-state index in [0.717, 1.165) is 24.8 Å². The van der Waals surface area contributed by atoms with E-state index in [1.807, 2.05) is 12.1 Å². The van der Waals surface area contributed by atoms with Crippen LogP contribution in [0.2, 0.25) is 0 Å². The molecule has 30 heavy (non-hydrogen) atoms. The molecule has 0 bridgehead atoms. The number of nitrogens with zero attached hydrogens (tertiary/aromatic N) is 1. The monoisotopic (exact) mass is 412 g/mol. The van der Waals surface area contributed by atoms with Crippen LogP contribution in [0.5, 0.6) is 5.75 Å². The lowest BCUT2D eigenvalue weighted by Crippen LogP contribution is -2.26. The highest BCUT2D eigenvalue weighted by molar-refractivity contribution is 5.98. The molecule has 0 spiro atoms. The second-order valence-electron chi connectivity index (χ2n) is 7.46. The van der Waals surface area contributed by atoms with Crippen LogP contribution >= 0.6 is 0 Å². The van der Waals surface area contributed by atoms with Crippen LogP contribution in [0.25, 0.3) is 10.9 Å². The van der Waals surface area contributed by atoms with E-state index in [2.05, 4.69) is 5.32 Å². The van der Waals surface area contributed by atoms with E-state index >= 15 is 0 Å². The molecule has 1 atom stereocenters. The van der Waals surface area contributed by atoms with Crippen molar-refractivity contribution in [3.63, 3.8) is 0 Å². The number of aromatic nitrogens is 1. The zero-order valence-electron chi connectivity index (χ0n) is 16.9. The number of halogens is 1. The van der Waals surface area contributed by atoms with Crippen molar-refractivity contribution >= 4 is 16.9 Å². The van der Waals surface area contributed by atoms with Gasteiger partial charge in [0.15, 0.2) is 0 Å². The molecule has 1 fully saturated rings. The lowest BCUT2D eigenvalue weighted by atomic mass is 10.1. The fourth-order valence-electron chi connectivity index (χ4n) is 4.08. The minimum atomic E-state index is -1.05. The summed E-state index contributed by atoms with van der Waals surface area (Å²) in [4.78, 5) is 12.3. The SMILES string of the molecule is COc1ccc2c(CNC[C@H]3CCCO3)c(C(=O)O)n(Cc3ccccc3F)c2c1. The Bertz CT molecular complexity index is 1060. The minimum Gasteiger partial charge on any atom is -0.497 e. The molecule has 3 aromatic rings. The van der Waals surface area contributed by atoms with Crippen LogP contribution in [-0.2, 0) is 17.8 Å². The maximum absolute atomic E-state index is 14.3. The van der Waals surface area contributed by atoms with Crippen molar-refractivity contribution in [3.8, 4) is 5.75 Å². The Kier molecular flexibility index (Phi) is 6.01. The van der Waals surface area contributed by atoms with Crippen LogP contribution in [0.15, 0.2) is 42.5 Å². The summed E-state index contributed by atoms with van der Waals surface area (Å²) in [6, 6.07) is 11.9. The number of fused-ring (bicyclic) bond motifs is 1. The van der Waals surface area contributed by atoms with E-state index in [-0.39, 0.29) is 24.2 Å². The Morgan fingerprint density at radius 1 is 1.33 bits per heavy atom. The number of ether oxygens (including phenoxy) is 2. The van der Waals surface area contributed by atoms with Crippen molar-refractivity contribution < 1.29 is 23.8 Å². The molecule has 2 aromatic carbocycles. The van der Waals surface area contributed by atoms with Gasteiger partial charge in [-0.1, -0.05) is 18.2 Å². The van der Waals surface area contributed by atoms with E-state index in [1.54, 1.807) is 35.9 Å². The normalized spacial score (nSPS) is 16.3. The lowest BCUT2D eigenvalue weighted by Gasteiger charge is -2.12. The van der Waals surface area contributed by atoms with Gasteiger partial charge in [-0.3, -0.25) is 0 Å². The summed E-state index contributed by atoms with van der Waals surface area (Å²) < 4.78 is 27.0. The fourth-order valence-corrected chi connectivity index (χ4v) is 4.08. The molecule has 0 unspecified atom stereocenters. The summed E-state index contributed by atoms with van der Waals surface area (Å²) in [5, 5.41) is 14.2. The molecule has 2 heterocycles. The highest BCUT2D eigenvalue weighted by Crippen LogP contribution is 2.31. The summed E-state index contributed by atoms with van der Waals surface area (Å²) >= 11 is 0. The van der Waals surface area contributed by atoms with Gasteiger partial charge in [0, 0.05) is 42.3 Å². The van der Waals surface area contributed by atoms with Crippen molar-refractivity contribution in [1.29, 1.82) is 0 Å². The van der Waals surface area contributed by atoms with Gasteiger partial charge in [-0.2, -0.15) is 0 Å². The molecule has 7 heteroatoms. The third kappa shape index (κ3) is 4.04. The smallest absolute Gasteiger partial charge is 0.352 e. The number of hydrogen-bond acceptors (Lipinski definition) is 4. The zero-order chi connectivity index (χ0) is 21.1. The number of hydrogen-bond donors (Lipinski definition) is 2. The van der Waals surface area contributed by atoms with E-state index in [1.165, 1.54) is 6.07 Å². The van der Waals surface area contributed by atoms with Gasteiger partial charge in [0.05, 0.1) is 25.3 Å². The molecule has 0 radical (unpaired) electrons. The van der Waals surface area contributed by atoms with E-state index < -0.39 is 5.97 Å². The fraction of sp³-hybridized carbons (Fsp3) is 0.348. The van der Waals surface area contributed by atoms with Crippen LogP contribution in [0, 0.1) is 5.82 Å². The maximum atomic E-state index is 14.3. The Hall–Kier alpha value is -2.90. The molecular weight excluding hydrogens is 387 g/mol. The second-order valence-corrected chi connectivity index (χ2v) is 7.46. The van der Waals surface area contributed by atoms with E-state index in [9.17, 15) is 14.3 Å². The number of carboxylic acids is 1. The van der Waals surface area contributed by atoms with Crippen LogP contribution in [0.3, 0.4) is 0 Å². The van der Waals surface area contributed by atoms with Crippen molar-refractivity contribution in [1.82, 2.24) is 9.88 Å².